The summed E-state index contributed by atoms with van der Waals surface area (Å²) in [5.74, 6) is 1.64. The average Bonchev–Trinajstić information content (AvgIpc) is 2.36. The lowest BCUT2D eigenvalue weighted by atomic mass is 10.1. The van der Waals surface area contributed by atoms with E-state index in [2.05, 4.69) is 64.2 Å². The highest BCUT2D eigenvalue weighted by Crippen LogP contribution is 2.19. The van der Waals surface area contributed by atoms with Crippen LogP contribution in [0.4, 0.5) is 0 Å². The molecule has 1 aromatic rings. The molecule has 0 spiro atoms. The van der Waals surface area contributed by atoms with Gasteiger partial charge in [0.15, 0.2) is 0 Å². The Bertz CT molecular complexity index is 331. The van der Waals surface area contributed by atoms with Crippen LogP contribution in [0.1, 0.15) is 52.6 Å². The molecule has 1 N–H and O–H groups in total. The first-order valence-electron chi connectivity index (χ1n) is 7.03. The van der Waals surface area contributed by atoms with Gasteiger partial charge in [-0.1, -0.05) is 32.9 Å². The second-order valence-corrected chi connectivity index (χ2v) is 5.43. The Hall–Kier alpha value is -1.02. The van der Waals surface area contributed by atoms with Crippen LogP contribution in [0.25, 0.3) is 0 Å². The number of hydrogen-bond acceptors (Lipinski definition) is 2. The fourth-order valence-electron chi connectivity index (χ4n) is 1.68. The molecule has 0 fully saturated rings. The van der Waals surface area contributed by atoms with Crippen LogP contribution in [0.2, 0.25) is 0 Å². The van der Waals surface area contributed by atoms with Crippen molar-refractivity contribution in [3.8, 4) is 5.75 Å². The van der Waals surface area contributed by atoms with Crippen LogP contribution in [0.5, 0.6) is 5.75 Å². The van der Waals surface area contributed by atoms with Crippen LogP contribution in [0.15, 0.2) is 24.3 Å². The Kier molecular flexibility index (Phi) is 6.20. The van der Waals surface area contributed by atoms with Gasteiger partial charge in [0.05, 0.1) is 6.10 Å². The Morgan fingerprint density at radius 2 is 1.67 bits per heavy atom. The van der Waals surface area contributed by atoms with E-state index in [1.807, 2.05) is 0 Å². The highest BCUT2D eigenvalue weighted by Gasteiger charge is 2.06. The van der Waals surface area contributed by atoms with Crippen molar-refractivity contribution in [2.75, 3.05) is 6.54 Å². The molecule has 0 saturated heterocycles. The molecule has 0 radical (unpaired) electrons. The minimum Gasteiger partial charge on any atom is -0.491 e. The molecule has 1 aromatic carbocycles. The van der Waals surface area contributed by atoms with E-state index in [9.17, 15) is 0 Å². The molecule has 0 aromatic heterocycles. The Balaban J connectivity index is 2.53. The Morgan fingerprint density at radius 1 is 1.06 bits per heavy atom. The van der Waals surface area contributed by atoms with E-state index >= 15 is 0 Å². The first-order valence-corrected chi connectivity index (χ1v) is 7.03. The number of benzene rings is 1. The van der Waals surface area contributed by atoms with Crippen molar-refractivity contribution in [3.05, 3.63) is 29.8 Å². The van der Waals surface area contributed by atoms with E-state index in [1.54, 1.807) is 0 Å². The fraction of sp³-hybridized carbons (Fsp3) is 0.625. The van der Waals surface area contributed by atoms with Gasteiger partial charge < -0.3 is 10.1 Å². The van der Waals surface area contributed by atoms with Gasteiger partial charge in [-0.3, -0.25) is 0 Å². The summed E-state index contributed by atoms with van der Waals surface area (Å²) in [5, 5.41) is 3.53. The summed E-state index contributed by atoms with van der Waals surface area (Å²) in [6.45, 7) is 11.9. The molecule has 0 bridgehead atoms. The second kappa shape index (κ2) is 7.42. The van der Waals surface area contributed by atoms with Crippen LogP contribution < -0.4 is 10.1 Å². The summed E-state index contributed by atoms with van der Waals surface area (Å²) in [6, 6.07) is 8.82. The zero-order valence-electron chi connectivity index (χ0n) is 12.4. The monoisotopic (exact) mass is 249 g/mol. The topological polar surface area (TPSA) is 21.3 Å². The minimum absolute atomic E-state index is 0.285. The summed E-state index contributed by atoms with van der Waals surface area (Å²) in [6.07, 6.45) is 1.32. The van der Waals surface area contributed by atoms with Crippen molar-refractivity contribution >= 4 is 0 Å². The lowest BCUT2D eigenvalue weighted by Gasteiger charge is -2.17. The van der Waals surface area contributed by atoms with Crippen molar-refractivity contribution in [2.45, 2.75) is 53.2 Å². The molecule has 2 heteroatoms. The van der Waals surface area contributed by atoms with E-state index in [0.717, 1.165) is 18.7 Å². The Morgan fingerprint density at radius 3 is 2.17 bits per heavy atom. The van der Waals surface area contributed by atoms with Gasteiger partial charge in [-0.25, -0.2) is 0 Å². The molecule has 0 heterocycles. The van der Waals surface area contributed by atoms with E-state index in [4.69, 9.17) is 4.74 Å². The van der Waals surface area contributed by atoms with E-state index in [1.165, 1.54) is 5.56 Å². The first-order chi connectivity index (χ1) is 8.52. The third-order valence-corrected chi connectivity index (χ3v) is 3.12. The number of hydrogen-bond donors (Lipinski definition) is 1. The predicted molar refractivity (Wildman–Crippen MR) is 78.1 cm³/mol. The van der Waals surface area contributed by atoms with Crippen LogP contribution in [0.3, 0.4) is 0 Å². The van der Waals surface area contributed by atoms with Crippen molar-refractivity contribution in [1.82, 2.24) is 5.32 Å². The lowest BCUT2D eigenvalue weighted by molar-refractivity contribution is 0.217. The number of nitrogens with one attached hydrogen (secondary N) is 1. The molecular formula is C16H27NO. The van der Waals surface area contributed by atoms with Crippen molar-refractivity contribution in [1.29, 1.82) is 0 Å². The average molecular weight is 249 g/mol. The van der Waals surface area contributed by atoms with E-state index in [0.29, 0.717) is 12.0 Å². The second-order valence-electron chi connectivity index (χ2n) is 5.43. The highest BCUT2D eigenvalue weighted by molar-refractivity contribution is 5.29. The first kappa shape index (κ1) is 15.0. The molecule has 0 aliphatic heterocycles. The fourth-order valence-corrected chi connectivity index (χ4v) is 1.68. The molecular weight excluding hydrogens is 222 g/mol. The van der Waals surface area contributed by atoms with Crippen molar-refractivity contribution in [3.63, 3.8) is 0 Å². The summed E-state index contributed by atoms with van der Waals surface area (Å²) in [7, 11) is 0. The maximum absolute atomic E-state index is 5.78. The van der Waals surface area contributed by atoms with Gasteiger partial charge >= 0.3 is 0 Å². The molecule has 2 atom stereocenters. The minimum atomic E-state index is 0.285. The van der Waals surface area contributed by atoms with E-state index in [-0.39, 0.29) is 6.10 Å². The zero-order chi connectivity index (χ0) is 13.5. The number of rotatable bonds is 7. The standard InChI is InChI=1S/C16H27NO/c1-6-13(4)18-16-9-7-15(8-10-16)14(5)17-11-12(2)3/h7-10,12-14,17H,6,11H2,1-5H3/t13-,14-/m0/s1. The largest absolute Gasteiger partial charge is 0.491 e. The van der Waals surface area contributed by atoms with Gasteiger partial charge in [0.25, 0.3) is 0 Å². The smallest absolute Gasteiger partial charge is 0.119 e. The molecule has 0 saturated carbocycles. The normalized spacial score (nSPS) is 14.6. The summed E-state index contributed by atoms with van der Waals surface area (Å²) in [4.78, 5) is 0. The maximum atomic E-state index is 5.78. The van der Waals surface area contributed by atoms with Gasteiger partial charge in [-0.15, -0.1) is 0 Å². The third-order valence-electron chi connectivity index (χ3n) is 3.12. The molecule has 1 rings (SSSR count). The molecule has 18 heavy (non-hydrogen) atoms. The molecule has 102 valence electrons. The van der Waals surface area contributed by atoms with Crippen LogP contribution in [0, 0.1) is 5.92 Å². The van der Waals surface area contributed by atoms with Crippen LogP contribution >= 0.6 is 0 Å². The molecule has 0 amide bonds. The van der Waals surface area contributed by atoms with Crippen molar-refractivity contribution in [2.24, 2.45) is 5.92 Å². The van der Waals surface area contributed by atoms with Gasteiger partial charge in [-0.2, -0.15) is 0 Å². The zero-order valence-corrected chi connectivity index (χ0v) is 12.4. The molecule has 0 aliphatic carbocycles. The third kappa shape index (κ3) is 5.09. The predicted octanol–water partition coefficient (Wildman–Crippen LogP) is 4.17. The lowest BCUT2D eigenvalue weighted by Crippen LogP contribution is -2.23. The summed E-state index contributed by atoms with van der Waals surface area (Å²) >= 11 is 0. The summed E-state index contributed by atoms with van der Waals surface area (Å²) < 4.78 is 5.78. The van der Waals surface area contributed by atoms with Crippen LogP contribution in [-0.2, 0) is 0 Å². The SMILES string of the molecule is CC[C@H](C)Oc1ccc([C@H](C)NCC(C)C)cc1. The Labute approximate surface area is 112 Å². The van der Waals surface area contributed by atoms with Crippen LogP contribution in [-0.4, -0.2) is 12.6 Å². The maximum Gasteiger partial charge on any atom is 0.119 e. The van der Waals surface area contributed by atoms with E-state index < -0.39 is 0 Å². The van der Waals surface area contributed by atoms with Gasteiger partial charge in [0, 0.05) is 6.04 Å². The molecule has 0 aliphatic rings. The molecule has 0 unspecified atom stereocenters. The van der Waals surface area contributed by atoms with Gasteiger partial charge in [0.1, 0.15) is 5.75 Å². The van der Waals surface area contributed by atoms with Gasteiger partial charge in [0.2, 0.25) is 0 Å². The van der Waals surface area contributed by atoms with Gasteiger partial charge in [-0.05, 0) is 50.4 Å². The van der Waals surface area contributed by atoms with Crippen molar-refractivity contribution < 1.29 is 4.74 Å². The highest BCUT2D eigenvalue weighted by atomic mass is 16.5. The number of ether oxygens (including phenoxy) is 1. The summed E-state index contributed by atoms with van der Waals surface area (Å²) in [5.41, 5.74) is 1.31. The quantitative estimate of drug-likeness (QED) is 0.783. The molecule has 2 nitrogen and oxygen atoms in total.